The van der Waals surface area contributed by atoms with Gasteiger partial charge in [-0.05, 0) is 45.2 Å². The van der Waals surface area contributed by atoms with Gasteiger partial charge in [-0.2, -0.15) is 5.10 Å². The van der Waals surface area contributed by atoms with E-state index in [2.05, 4.69) is 28.0 Å². The van der Waals surface area contributed by atoms with Crippen molar-refractivity contribution in [2.45, 2.75) is 32.7 Å². The van der Waals surface area contributed by atoms with E-state index in [1.807, 2.05) is 23.8 Å². The summed E-state index contributed by atoms with van der Waals surface area (Å²) in [6.07, 6.45) is 6.13. The predicted octanol–water partition coefficient (Wildman–Crippen LogP) is 1.60. The van der Waals surface area contributed by atoms with Crippen LogP contribution in [0.1, 0.15) is 25.5 Å². The van der Waals surface area contributed by atoms with Gasteiger partial charge >= 0.3 is 0 Å². The number of nitrogens with zero attached hydrogens (tertiary/aromatic N) is 4. The normalized spacial score (nSPS) is 24.1. The number of anilines is 1. The van der Waals surface area contributed by atoms with E-state index in [1.165, 1.54) is 12.8 Å². The fourth-order valence-electron chi connectivity index (χ4n) is 2.92. The van der Waals surface area contributed by atoms with Gasteiger partial charge in [-0.3, -0.25) is 0 Å². The van der Waals surface area contributed by atoms with Gasteiger partial charge in [0.15, 0.2) is 5.82 Å². The molecule has 2 atom stereocenters. The molecule has 102 valence electrons. The first-order valence-corrected chi connectivity index (χ1v) is 6.96. The van der Waals surface area contributed by atoms with E-state index in [0.717, 1.165) is 30.1 Å². The molecule has 1 aliphatic rings. The molecular weight excluding hydrogens is 238 g/mol. The molecule has 0 bridgehead atoms. The van der Waals surface area contributed by atoms with Gasteiger partial charge in [0.1, 0.15) is 5.52 Å². The Kier molecular flexibility index (Phi) is 3.14. The zero-order chi connectivity index (χ0) is 13.4. The molecule has 2 aromatic heterocycles. The van der Waals surface area contributed by atoms with Crippen LogP contribution >= 0.6 is 0 Å². The fraction of sp³-hybridized carbons (Fsp3) is 0.571. The highest BCUT2D eigenvalue weighted by Crippen LogP contribution is 2.28. The smallest absolute Gasteiger partial charge is 0.154 e. The Hall–Kier alpha value is -1.62. The SMILES string of the molecule is Cc1cc2c(N3CC(CN)CCC3C)nccn2n1. The Morgan fingerprint density at radius 1 is 1.42 bits per heavy atom. The lowest BCUT2D eigenvalue weighted by Gasteiger charge is -2.38. The molecule has 1 aliphatic heterocycles. The average molecular weight is 259 g/mol. The van der Waals surface area contributed by atoms with Crippen molar-refractivity contribution >= 4 is 11.3 Å². The van der Waals surface area contributed by atoms with Crippen molar-refractivity contribution in [2.75, 3.05) is 18.0 Å². The summed E-state index contributed by atoms with van der Waals surface area (Å²) in [6.45, 7) is 6.03. The first-order chi connectivity index (χ1) is 9.19. The molecule has 0 amide bonds. The molecule has 2 aromatic rings. The largest absolute Gasteiger partial charge is 0.352 e. The Morgan fingerprint density at radius 3 is 3.05 bits per heavy atom. The van der Waals surface area contributed by atoms with Crippen LogP contribution < -0.4 is 10.6 Å². The molecule has 0 aromatic carbocycles. The van der Waals surface area contributed by atoms with E-state index < -0.39 is 0 Å². The Labute approximate surface area is 113 Å². The maximum absolute atomic E-state index is 5.84. The van der Waals surface area contributed by atoms with Gasteiger partial charge in [0.25, 0.3) is 0 Å². The molecule has 2 N–H and O–H groups in total. The van der Waals surface area contributed by atoms with Crippen molar-refractivity contribution in [2.24, 2.45) is 11.7 Å². The molecule has 19 heavy (non-hydrogen) atoms. The summed E-state index contributed by atoms with van der Waals surface area (Å²) in [4.78, 5) is 6.97. The van der Waals surface area contributed by atoms with Crippen molar-refractivity contribution in [3.63, 3.8) is 0 Å². The third kappa shape index (κ3) is 2.18. The highest BCUT2D eigenvalue weighted by atomic mass is 15.3. The van der Waals surface area contributed by atoms with Crippen molar-refractivity contribution in [3.8, 4) is 0 Å². The minimum absolute atomic E-state index is 0.511. The van der Waals surface area contributed by atoms with E-state index in [4.69, 9.17) is 5.73 Å². The molecule has 0 saturated carbocycles. The minimum Gasteiger partial charge on any atom is -0.352 e. The maximum atomic E-state index is 5.84. The molecule has 1 fully saturated rings. The van der Waals surface area contributed by atoms with Crippen LogP contribution in [0.4, 0.5) is 5.82 Å². The number of nitrogens with two attached hydrogens (primary N) is 1. The summed E-state index contributed by atoms with van der Waals surface area (Å²) in [5.74, 6) is 1.61. The van der Waals surface area contributed by atoms with E-state index in [1.54, 1.807) is 0 Å². The number of rotatable bonds is 2. The number of fused-ring (bicyclic) bond motifs is 1. The van der Waals surface area contributed by atoms with Crippen LogP contribution in [-0.4, -0.2) is 33.7 Å². The van der Waals surface area contributed by atoms with Gasteiger partial charge in [0.05, 0.1) is 5.69 Å². The topological polar surface area (TPSA) is 59.5 Å². The first-order valence-electron chi connectivity index (χ1n) is 6.96. The lowest BCUT2D eigenvalue weighted by Crippen LogP contribution is -2.44. The predicted molar refractivity (Wildman–Crippen MR) is 76.3 cm³/mol. The number of hydrogen-bond acceptors (Lipinski definition) is 4. The van der Waals surface area contributed by atoms with Crippen LogP contribution in [0.5, 0.6) is 0 Å². The zero-order valence-corrected chi connectivity index (χ0v) is 11.6. The quantitative estimate of drug-likeness (QED) is 0.890. The van der Waals surface area contributed by atoms with Crippen LogP contribution in [0.15, 0.2) is 18.5 Å². The van der Waals surface area contributed by atoms with Crippen molar-refractivity contribution in [3.05, 3.63) is 24.2 Å². The van der Waals surface area contributed by atoms with E-state index in [9.17, 15) is 0 Å². The lowest BCUT2D eigenvalue weighted by molar-refractivity contribution is 0.372. The van der Waals surface area contributed by atoms with E-state index >= 15 is 0 Å². The monoisotopic (exact) mass is 259 g/mol. The van der Waals surface area contributed by atoms with Gasteiger partial charge in [-0.15, -0.1) is 0 Å². The second-order valence-electron chi connectivity index (χ2n) is 5.55. The third-order valence-corrected chi connectivity index (χ3v) is 4.08. The van der Waals surface area contributed by atoms with Crippen molar-refractivity contribution in [1.29, 1.82) is 0 Å². The van der Waals surface area contributed by atoms with Crippen LogP contribution in [0, 0.1) is 12.8 Å². The summed E-state index contributed by atoms with van der Waals surface area (Å²) in [5.41, 5.74) is 7.95. The molecule has 3 heterocycles. The molecule has 1 saturated heterocycles. The molecule has 2 unspecified atom stereocenters. The first kappa shape index (κ1) is 12.4. The number of piperidine rings is 1. The molecule has 5 nitrogen and oxygen atoms in total. The highest BCUT2D eigenvalue weighted by molar-refractivity contribution is 5.69. The lowest BCUT2D eigenvalue weighted by atomic mass is 9.93. The molecule has 5 heteroatoms. The van der Waals surface area contributed by atoms with Crippen LogP contribution in [0.25, 0.3) is 5.52 Å². The number of hydrogen-bond donors (Lipinski definition) is 1. The molecular formula is C14H21N5. The van der Waals surface area contributed by atoms with Crippen LogP contribution in [0.2, 0.25) is 0 Å². The molecule has 0 radical (unpaired) electrons. The fourth-order valence-corrected chi connectivity index (χ4v) is 2.92. The Morgan fingerprint density at radius 2 is 2.26 bits per heavy atom. The van der Waals surface area contributed by atoms with Gasteiger partial charge in [-0.25, -0.2) is 9.50 Å². The minimum atomic E-state index is 0.511. The number of aryl methyl sites for hydroxylation is 1. The van der Waals surface area contributed by atoms with Gasteiger partial charge < -0.3 is 10.6 Å². The van der Waals surface area contributed by atoms with Gasteiger partial charge in [-0.1, -0.05) is 0 Å². The number of aromatic nitrogens is 3. The third-order valence-electron chi connectivity index (χ3n) is 4.08. The summed E-state index contributed by atoms with van der Waals surface area (Å²) in [7, 11) is 0. The van der Waals surface area contributed by atoms with E-state index in [0.29, 0.717) is 12.0 Å². The Bertz CT molecular complexity index is 576. The van der Waals surface area contributed by atoms with Crippen molar-refractivity contribution < 1.29 is 0 Å². The molecule has 3 rings (SSSR count). The van der Waals surface area contributed by atoms with Crippen molar-refractivity contribution in [1.82, 2.24) is 14.6 Å². The van der Waals surface area contributed by atoms with Gasteiger partial charge in [0.2, 0.25) is 0 Å². The molecule has 0 aliphatic carbocycles. The summed E-state index contributed by atoms with van der Waals surface area (Å²) in [5, 5.41) is 4.46. The maximum Gasteiger partial charge on any atom is 0.154 e. The second-order valence-corrected chi connectivity index (χ2v) is 5.55. The van der Waals surface area contributed by atoms with Crippen LogP contribution in [-0.2, 0) is 0 Å². The van der Waals surface area contributed by atoms with E-state index in [-0.39, 0.29) is 0 Å². The second kappa shape index (κ2) is 4.81. The summed E-state index contributed by atoms with van der Waals surface area (Å²) in [6, 6.07) is 2.61. The Balaban J connectivity index is 2.02. The standard InChI is InChI=1S/C14H21N5/c1-10-7-13-14(16-5-6-19(13)17-10)18-9-12(8-15)4-3-11(18)2/h5-7,11-12H,3-4,8-9,15H2,1-2H3. The van der Waals surface area contributed by atoms with Crippen LogP contribution in [0.3, 0.4) is 0 Å². The summed E-state index contributed by atoms with van der Waals surface area (Å²) >= 11 is 0. The molecule has 0 spiro atoms. The summed E-state index contributed by atoms with van der Waals surface area (Å²) < 4.78 is 1.91. The zero-order valence-electron chi connectivity index (χ0n) is 11.6. The highest BCUT2D eigenvalue weighted by Gasteiger charge is 2.27. The average Bonchev–Trinajstić information content (AvgIpc) is 2.79. The van der Waals surface area contributed by atoms with Gasteiger partial charge in [0, 0.05) is 25.0 Å².